The molecule has 1 rings (SSSR count). The molecule has 1 unspecified atom stereocenters. The Labute approximate surface area is 122 Å². The van der Waals surface area contributed by atoms with Gasteiger partial charge in [-0.2, -0.15) is 18.4 Å². The Morgan fingerprint density at radius 3 is 2.62 bits per heavy atom. The van der Waals surface area contributed by atoms with Gasteiger partial charge in [-0.15, -0.1) is 0 Å². The normalized spacial score (nSPS) is 12.6. The molecule has 1 N–H and O–H groups in total. The van der Waals surface area contributed by atoms with E-state index < -0.39 is 11.7 Å². The molecule has 7 heteroatoms. The molecule has 0 aromatic carbocycles. The monoisotopic (exact) mass is 300 g/mol. The van der Waals surface area contributed by atoms with Crippen molar-refractivity contribution in [1.29, 1.82) is 5.26 Å². The minimum Gasteiger partial charge on any atom is -0.370 e. The van der Waals surface area contributed by atoms with Crippen LogP contribution in [0.25, 0.3) is 0 Å². The minimum absolute atomic E-state index is 0.193. The van der Waals surface area contributed by atoms with Crippen LogP contribution in [-0.2, 0) is 6.18 Å². The fourth-order valence-corrected chi connectivity index (χ4v) is 1.76. The molecule has 0 fully saturated rings. The summed E-state index contributed by atoms with van der Waals surface area (Å²) >= 11 is 0. The molecule has 0 spiro atoms. The number of alkyl halides is 3. The van der Waals surface area contributed by atoms with Crippen LogP contribution < -0.4 is 10.2 Å². The van der Waals surface area contributed by atoms with Crippen LogP contribution >= 0.6 is 0 Å². The summed E-state index contributed by atoms with van der Waals surface area (Å²) in [6.07, 6.45) is -3.64. The van der Waals surface area contributed by atoms with Crippen LogP contribution in [0.1, 0.15) is 25.8 Å². The maximum Gasteiger partial charge on any atom is 0.416 e. The van der Waals surface area contributed by atoms with Crippen molar-refractivity contribution in [2.75, 3.05) is 30.4 Å². The topological polar surface area (TPSA) is 52.0 Å². The summed E-state index contributed by atoms with van der Waals surface area (Å²) in [5, 5.41) is 11.7. The Morgan fingerprint density at radius 2 is 2.10 bits per heavy atom. The van der Waals surface area contributed by atoms with Crippen LogP contribution in [0.4, 0.5) is 24.8 Å². The van der Waals surface area contributed by atoms with E-state index in [-0.39, 0.29) is 17.6 Å². The predicted molar refractivity (Wildman–Crippen MR) is 76.1 cm³/mol. The van der Waals surface area contributed by atoms with Gasteiger partial charge in [0.1, 0.15) is 11.6 Å². The maximum absolute atomic E-state index is 12.9. The smallest absolute Gasteiger partial charge is 0.370 e. The molecule has 0 bridgehead atoms. The number of anilines is 2. The average molecular weight is 300 g/mol. The lowest BCUT2D eigenvalue weighted by Gasteiger charge is -2.21. The van der Waals surface area contributed by atoms with Crippen molar-refractivity contribution in [2.45, 2.75) is 26.4 Å². The fraction of sp³-hybridized carbons (Fsp3) is 0.571. The van der Waals surface area contributed by atoms with E-state index in [0.717, 1.165) is 18.6 Å². The first-order valence-electron chi connectivity index (χ1n) is 6.71. The zero-order valence-corrected chi connectivity index (χ0v) is 12.3. The number of hydrogen-bond acceptors (Lipinski definition) is 4. The molecule has 4 nitrogen and oxygen atoms in total. The number of nitrogens with zero attached hydrogens (tertiary/aromatic N) is 3. The first-order chi connectivity index (χ1) is 9.77. The first-order valence-corrected chi connectivity index (χ1v) is 6.71. The van der Waals surface area contributed by atoms with Gasteiger partial charge in [0, 0.05) is 20.1 Å². The van der Waals surface area contributed by atoms with Gasteiger partial charge in [0.05, 0.1) is 17.6 Å². The number of aromatic nitrogens is 1. The highest BCUT2D eigenvalue weighted by atomic mass is 19.4. The van der Waals surface area contributed by atoms with Crippen molar-refractivity contribution >= 4 is 11.6 Å². The molecule has 1 aromatic rings. The van der Waals surface area contributed by atoms with Crippen molar-refractivity contribution in [3.63, 3.8) is 0 Å². The van der Waals surface area contributed by atoms with E-state index >= 15 is 0 Å². The van der Waals surface area contributed by atoms with Gasteiger partial charge in [-0.3, -0.25) is 0 Å². The van der Waals surface area contributed by atoms with E-state index in [1.807, 2.05) is 6.92 Å². The van der Waals surface area contributed by atoms with E-state index in [0.29, 0.717) is 13.1 Å². The number of rotatable bonds is 6. The third kappa shape index (κ3) is 5.14. The quantitative estimate of drug-likeness (QED) is 0.873. The van der Waals surface area contributed by atoms with Gasteiger partial charge < -0.3 is 10.2 Å². The number of nitrogens with one attached hydrogen (secondary N) is 1. The van der Waals surface area contributed by atoms with Crippen molar-refractivity contribution in [3.05, 3.63) is 17.7 Å². The average Bonchev–Trinajstić information content (AvgIpc) is 2.43. The van der Waals surface area contributed by atoms with Gasteiger partial charge in [-0.1, -0.05) is 6.92 Å². The zero-order valence-electron chi connectivity index (χ0n) is 12.3. The third-order valence-electron chi connectivity index (χ3n) is 2.85. The highest BCUT2D eigenvalue weighted by Gasteiger charge is 2.32. The zero-order chi connectivity index (χ0) is 16.0. The Balaban J connectivity index is 3.09. The van der Waals surface area contributed by atoms with Gasteiger partial charge in [0.2, 0.25) is 0 Å². The van der Waals surface area contributed by atoms with Crippen molar-refractivity contribution in [3.8, 4) is 6.07 Å². The molecule has 0 aliphatic heterocycles. The molecule has 1 atom stereocenters. The molecule has 0 saturated heterocycles. The van der Waals surface area contributed by atoms with Crippen LogP contribution in [0.2, 0.25) is 0 Å². The van der Waals surface area contributed by atoms with Crippen LogP contribution in [0.3, 0.4) is 0 Å². The highest BCUT2D eigenvalue weighted by molar-refractivity contribution is 5.51. The largest absolute Gasteiger partial charge is 0.416 e. The summed E-state index contributed by atoms with van der Waals surface area (Å²) in [5.41, 5.74) is -0.748. The van der Waals surface area contributed by atoms with Crippen molar-refractivity contribution in [1.82, 2.24) is 4.98 Å². The van der Waals surface area contributed by atoms with Gasteiger partial charge in [0.15, 0.2) is 0 Å². The second-order valence-electron chi connectivity index (χ2n) is 4.93. The summed E-state index contributed by atoms with van der Waals surface area (Å²) in [7, 11) is 1.62. The summed E-state index contributed by atoms with van der Waals surface area (Å²) in [5.74, 6) is 0.0991. The molecule has 0 saturated carbocycles. The van der Waals surface area contributed by atoms with Crippen molar-refractivity contribution < 1.29 is 13.2 Å². The maximum atomic E-state index is 12.9. The van der Waals surface area contributed by atoms with Crippen molar-refractivity contribution in [2.24, 2.45) is 5.92 Å². The predicted octanol–water partition coefficient (Wildman–Crippen LogP) is 3.52. The standard InChI is InChI=1S/C14H19F3N4/c1-4-5-19-12-6-11(14(15,16)17)7-13(20-12)21(3)9-10(2)8-18/h6-7,10H,4-5,9H2,1-3H3,(H,19,20). The molecule has 1 aromatic heterocycles. The van der Waals surface area contributed by atoms with Gasteiger partial charge in [-0.05, 0) is 25.5 Å². The molecule has 1 heterocycles. The van der Waals surface area contributed by atoms with E-state index in [9.17, 15) is 13.2 Å². The Bertz CT molecular complexity index is 508. The lowest BCUT2D eigenvalue weighted by molar-refractivity contribution is -0.137. The second-order valence-corrected chi connectivity index (χ2v) is 4.93. The van der Waals surface area contributed by atoms with E-state index in [1.165, 1.54) is 0 Å². The highest BCUT2D eigenvalue weighted by Crippen LogP contribution is 2.32. The van der Waals surface area contributed by atoms with Gasteiger partial charge >= 0.3 is 6.18 Å². The number of pyridine rings is 1. The first kappa shape index (κ1) is 17.1. The number of hydrogen-bond donors (Lipinski definition) is 1. The molecular formula is C14H19F3N4. The van der Waals surface area contributed by atoms with Crippen LogP contribution in [0.15, 0.2) is 12.1 Å². The SMILES string of the molecule is CCCNc1cc(C(F)(F)F)cc(N(C)CC(C)C#N)n1. The molecule has 21 heavy (non-hydrogen) atoms. The number of nitriles is 1. The lowest BCUT2D eigenvalue weighted by atomic mass is 10.2. The summed E-state index contributed by atoms with van der Waals surface area (Å²) in [6.45, 7) is 4.49. The van der Waals surface area contributed by atoms with Crippen LogP contribution in [0, 0.1) is 17.2 Å². The Morgan fingerprint density at radius 1 is 1.43 bits per heavy atom. The Kier molecular flexibility index (Phi) is 5.82. The fourth-order valence-electron chi connectivity index (χ4n) is 1.76. The summed E-state index contributed by atoms with van der Waals surface area (Å²) < 4.78 is 38.8. The molecule has 0 radical (unpaired) electrons. The molecule has 0 amide bonds. The molecule has 0 aliphatic rings. The minimum atomic E-state index is -4.43. The van der Waals surface area contributed by atoms with Gasteiger partial charge in [0.25, 0.3) is 0 Å². The molecular weight excluding hydrogens is 281 g/mol. The van der Waals surface area contributed by atoms with Gasteiger partial charge in [-0.25, -0.2) is 4.98 Å². The van der Waals surface area contributed by atoms with Crippen LogP contribution in [-0.4, -0.2) is 25.1 Å². The lowest BCUT2D eigenvalue weighted by Crippen LogP contribution is -2.25. The number of halogens is 3. The van der Waals surface area contributed by atoms with E-state index in [2.05, 4.69) is 16.4 Å². The summed E-state index contributed by atoms with van der Waals surface area (Å²) in [6, 6.07) is 4.05. The second kappa shape index (κ2) is 7.16. The van der Waals surface area contributed by atoms with E-state index in [1.54, 1.807) is 18.9 Å². The Hall–Kier alpha value is -1.97. The molecule has 116 valence electrons. The third-order valence-corrected chi connectivity index (χ3v) is 2.85. The summed E-state index contributed by atoms with van der Waals surface area (Å²) in [4.78, 5) is 5.73. The van der Waals surface area contributed by atoms with E-state index in [4.69, 9.17) is 5.26 Å². The molecule has 0 aliphatic carbocycles. The van der Waals surface area contributed by atoms with Crippen LogP contribution in [0.5, 0.6) is 0 Å².